The Morgan fingerprint density at radius 3 is 2.71 bits per heavy atom. The highest BCUT2D eigenvalue weighted by Gasteiger charge is 2.25. The summed E-state index contributed by atoms with van der Waals surface area (Å²) in [6.45, 7) is 3.00. The van der Waals surface area contributed by atoms with Crippen molar-refractivity contribution in [3.8, 4) is 0 Å². The van der Waals surface area contributed by atoms with Crippen molar-refractivity contribution in [3.63, 3.8) is 0 Å². The molecule has 0 atom stereocenters. The topological polar surface area (TPSA) is 37.0 Å². The number of nitrogens with zero attached hydrogens (tertiary/aromatic N) is 1. The Hall–Kier alpha value is -1.46. The smallest absolute Gasteiger partial charge is 0.385 e. The largest absolute Gasteiger partial charge is 0.389 e. The molecule has 1 aromatic rings. The van der Waals surface area contributed by atoms with E-state index in [4.69, 9.17) is 0 Å². The van der Waals surface area contributed by atoms with E-state index in [1.165, 1.54) is 0 Å². The first kappa shape index (κ1) is 13.6. The summed E-state index contributed by atoms with van der Waals surface area (Å²) in [5.41, 5.74) is 0.776. The van der Waals surface area contributed by atoms with Crippen LogP contribution in [0, 0.1) is 0 Å². The molecule has 0 bridgehead atoms. The number of pyridine rings is 1. The molecule has 0 fully saturated rings. The maximum atomic E-state index is 11.9. The molecular formula is C11H16F3N3. The Bertz CT molecular complexity index is 339. The normalized spacial score (nSPS) is 11.3. The number of anilines is 2. The van der Waals surface area contributed by atoms with Crippen LogP contribution in [-0.2, 0) is 0 Å². The fourth-order valence-corrected chi connectivity index (χ4v) is 1.34. The van der Waals surface area contributed by atoms with Crippen LogP contribution in [-0.4, -0.2) is 24.2 Å². The third kappa shape index (κ3) is 5.99. The zero-order chi connectivity index (χ0) is 12.7. The zero-order valence-electron chi connectivity index (χ0n) is 9.64. The van der Waals surface area contributed by atoms with Crippen LogP contribution in [0.25, 0.3) is 0 Å². The number of hydrogen-bond donors (Lipinski definition) is 2. The van der Waals surface area contributed by atoms with Crippen LogP contribution in [0.15, 0.2) is 18.3 Å². The molecule has 0 amide bonds. The van der Waals surface area contributed by atoms with E-state index in [2.05, 4.69) is 15.6 Å². The molecule has 0 radical (unpaired) electrons. The minimum absolute atomic E-state index is 0.0718. The lowest BCUT2D eigenvalue weighted by Crippen LogP contribution is -2.11. The van der Waals surface area contributed by atoms with Crippen LogP contribution >= 0.6 is 0 Å². The minimum Gasteiger partial charge on any atom is -0.385 e. The van der Waals surface area contributed by atoms with E-state index in [-0.39, 0.29) is 6.42 Å². The molecule has 0 unspecified atom stereocenters. The first-order chi connectivity index (χ1) is 8.01. The highest BCUT2D eigenvalue weighted by Crippen LogP contribution is 2.21. The van der Waals surface area contributed by atoms with E-state index >= 15 is 0 Å². The van der Waals surface area contributed by atoms with Crippen molar-refractivity contribution in [2.75, 3.05) is 23.7 Å². The number of nitrogens with one attached hydrogen (secondary N) is 2. The Morgan fingerprint density at radius 2 is 2.06 bits per heavy atom. The van der Waals surface area contributed by atoms with Crippen molar-refractivity contribution in [3.05, 3.63) is 18.3 Å². The molecular weight excluding hydrogens is 231 g/mol. The van der Waals surface area contributed by atoms with E-state index in [0.29, 0.717) is 12.4 Å². The second kappa shape index (κ2) is 6.32. The fraction of sp³-hybridized carbons (Fsp3) is 0.545. The zero-order valence-corrected chi connectivity index (χ0v) is 9.64. The maximum absolute atomic E-state index is 11.9. The third-order valence-corrected chi connectivity index (χ3v) is 2.08. The summed E-state index contributed by atoms with van der Waals surface area (Å²) in [7, 11) is 0. The quantitative estimate of drug-likeness (QED) is 0.757. The summed E-state index contributed by atoms with van der Waals surface area (Å²) < 4.78 is 35.7. The molecule has 1 aromatic heterocycles. The van der Waals surface area contributed by atoms with E-state index in [1.54, 1.807) is 18.3 Å². The lowest BCUT2D eigenvalue weighted by atomic mass is 10.3. The Kier molecular flexibility index (Phi) is 5.06. The molecule has 6 heteroatoms. The van der Waals surface area contributed by atoms with Gasteiger partial charge in [-0.25, -0.2) is 4.98 Å². The molecule has 0 aromatic carbocycles. The summed E-state index contributed by atoms with van der Waals surface area (Å²) in [6, 6.07) is 3.51. The van der Waals surface area contributed by atoms with Gasteiger partial charge in [0.25, 0.3) is 0 Å². The summed E-state index contributed by atoms with van der Waals surface area (Å²) >= 11 is 0. The first-order valence-corrected chi connectivity index (χ1v) is 5.52. The van der Waals surface area contributed by atoms with Gasteiger partial charge in [-0.3, -0.25) is 0 Å². The van der Waals surface area contributed by atoms with Gasteiger partial charge >= 0.3 is 6.18 Å². The van der Waals surface area contributed by atoms with Crippen molar-refractivity contribution >= 4 is 11.5 Å². The Morgan fingerprint density at radius 1 is 1.29 bits per heavy atom. The predicted molar refractivity (Wildman–Crippen MR) is 62.2 cm³/mol. The highest BCUT2D eigenvalue weighted by atomic mass is 19.4. The summed E-state index contributed by atoms with van der Waals surface area (Å²) in [6.07, 6.45) is -3.15. The van der Waals surface area contributed by atoms with Gasteiger partial charge in [0.2, 0.25) is 0 Å². The molecule has 0 aliphatic heterocycles. The molecule has 0 spiro atoms. The van der Waals surface area contributed by atoms with Crippen LogP contribution in [0.5, 0.6) is 0 Å². The van der Waals surface area contributed by atoms with Gasteiger partial charge in [-0.05, 0) is 19.4 Å². The summed E-state index contributed by atoms with van der Waals surface area (Å²) in [5.74, 6) is 0.716. The van der Waals surface area contributed by atoms with Gasteiger partial charge in [0.1, 0.15) is 5.82 Å². The monoisotopic (exact) mass is 247 g/mol. The predicted octanol–water partition coefficient (Wildman–Crippen LogP) is 3.27. The van der Waals surface area contributed by atoms with Crippen molar-refractivity contribution in [2.24, 2.45) is 0 Å². The van der Waals surface area contributed by atoms with E-state index in [0.717, 1.165) is 12.2 Å². The van der Waals surface area contributed by atoms with Gasteiger partial charge in [0, 0.05) is 37.5 Å². The summed E-state index contributed by atoms with van der Waals surface area (Å²) in [4.78, 5) is 4.07. The lowest BCUT2D eigenvalue weighted by Gasteiger charge is -2.09. The van der Waals surface area contributed by atoms with Crippen molar-refractivity contribution in [2.45, 2.75) is 25.9 Å². The second-order valence-corrected chi connectivity index (χ2v) is 3.61. The number of hydrogen-bond acceptors (Lipinski definition) is 3. The van der Waals surface area contributed by atoms with Crippen LogP contribution in [0.3, 0.4) is 0 Å². The molecule has 0 saturated heterocycles. The standard InChI is InChI=1S/C11H16F3N3/c1-2-15-10-8-9(4-7-17-10)16-6-3-5-11(12,13)14/h4,7-8H,2-3,5-6H2,1H3,(H2,15,16,17). The van der Waals surface area contributed by atoms with Crippen LogP contribution in [0.1, 0.15) is 19.8 Å². The van der Waals surface area contributed by atoms with Crippen molar-refractivity contribution < 1.29 is 13.2 Å². The van der Waals surface area contributed by atoms with Gasteiger partial charge in [0.15, 0.2) is 0 Å². The number of aromatic nitrogens is 1. The first-order valence-electron chi connectivity index (χ1n) is 5.52. The lowest BCUT2D eigenvalue weighted by molar-refractivity contribution is -0.134. The molecule has 2 N–H and O–H groups in total. The van der Waals surface area contributed by atoms with Crippen molar-refractivity contribution in [1.82, 2.24) is 4.98 Å². The van der Waals surface area contributed by atoms with E-state index in [9.17, 15) is 13.2 Å². The average molecular weight is 247 g/mol. The molecule has 1 rings (SSSR count). The van der Waals surface area contributed by atoms with Gasteiger partial charge in [0.05, 0.1) is 0 Å². The van der Waals surface area contributed by atoms with Gasteiger partial charge in [-0.15, -0.1) is 0 Å². The molecule has 17 heavy (non-hydrogen) atoms. The van der Waals surface area contributed by atoms with Gasteiger partial charge in [-0.2, -0.15) is 13.2 Å². The molecule has 0 aliphatic rings. The third-order valence-electron chi connectivity index (χ3n) is 2.08. The van der Waals surface area contributed by atoms with E-state index in [1.807, 2.05) is 6.92 Å². The maximum Gasteiger partial charge on any atom is 0.389 e. The molecule has 96 valence electrons. The van der Waals surface area contributed by atoms with E-state index < -0.39 is 12.6 Å². The Labute approximate surface area is 98.4 Å². The van der Waals surface area contributed by atoms with Crippen LogP contribution in [0.2, 0.25) is 0 Å². The number of rotatable bonds is 6. The second-order valence-electron chi connectivity index (χ2n) is 3.61. The SMILES string of the molecule is CCNc1cc(NCCCC(F)(F)F)ccn1. The molecule has 3 nitrogen and oxygen atoms in total. The molecule has 1 heterocycles. The van der Waals surface area contributed by atoms with Gasteiger partial charge < -0.3 is 10.6 Å². The number of halogens is 3. The average Bonchev–Trinajstić information content (AvgIpc) is 2.24. The van der Waals surface area contributed by atoms with Crippen LogP contribution in [0.4, 0.5) is 24.7 Å². The Balaban J connectivity index is 2.34. The fourth-order valence-electron chi connectivity index (χ4n) is 1.34. The molecule has 0 saturated carbocycles. The van der Waals surface area contributed by atoms with Crippen LogP contribution < -0.4 is 10.6 Å². The highest BCUT2D eigenvalue weighted by molar-refractivity contribution is 5.51. The van der Waals surface area contributed by atoms with Gasteiger partial charge in [-0.1, -0.05) is 0 Å². The number of alkyl halides is 3. The van der Waals surface area contributed by atoms with Crippen molar-refractivity contribution in [1.29, 1.82) is 0 Å². The molecule has 0 aliphatic carbocycles. The summed E-state index contributed by atoms with van der Waals surface area (Å²) in [5, 5.41) is 5.97. The minimum atomic E-state index is -4.07.